The summed E-state index contributed by atoms with van der Waals surface area (Å²) in [7, 11) is 1.51. The van der Waals surface area contributed by atoms with E-state index in [9.17, 15) is 22.8 Å². The van der Waals surface area contributed by atoms with Crippen LogP contribution >= 0.6 is 0 Å². The molecule has 0 bridgehead atoms. The van der Waals surface area contributed by atoms with E-state index in [-0.39, 0.29) is 35.2 Å². The molecule has 2 N–H and O–H groups in total. The van der Waals surface area contributed by atoms with Crippen molar-refractivity contribution in [2.75, 3.05) is 19.0 Å². The highest BCUT2D eigenvalue weighted by Gasteiger charge is 2.13. The zero-order valence-electron chi connectivity index (χ0n) is 18.7. The van der Waals surface area contributed by atoms with Crippen molar-refractivity contribution in [3.63, 3.8) is 0 Å². The third kappa shape index (κ3) is 6.90. The summed E-state index contributed by atoms with van der Waals surface area (Å²) in [5, 5.41) is 11.5. The van der Waals surface area contributed by atoms with Crippen LogP contribution in [0.4, 0.5) is 19.0 Å². The average Bonchev–Trinajstić information content (AvgIpc) is 2.80. The maximum Gasteiger partial charge on any atom is 0.337 e. The molecule has 2 aromatic carbocycles. The fourth-order valence-corrected chi connectivity index (χ4v) is 3.08. The van der Waals surface area contributed by atoms with E-state index in [0.29, 0.717) is 17.4 Å². The van der Waals surface area contributed by atoms with E-state index in [1.165, 1.54) is 43.5 Å². The van der Waals surface area contributed by atoms with E-state index in [2.05, 4.69) is 10.3 Å². The van der Waals surface area contributed by atoms with Gasteiger partial charge in [-0.15, -0.1) is 0 Å². The summed E-state index contributed by atoms with van der Waals surface area (Å²) in [6, 6.07) is 8.40. The number of pyridine rings is 1. The van der Waals surface area contributed by atoms with Gasteiger partial charge < -0.3 is 19.9 Å². The van der Waals surface area contributed by atoms with E-state index in [1.807, 2.05) is 0 Å². The number of nitrogens with one attached hydrogen (secondary N) is 1. The molecule has 7 nitrogen and oxygen atoms in total. The molecule has 0 saturated carbocycles. The fourth-order valence-electron chi connectivity index (χ4n) is 3.08. The topological polar surface area (TPSA) is 97.8 Å². The summed E-state index contributed by atoms with van der Waals surface area (Å²) >= 11 is 0. The smallest absolute Gasteiger partial charge is 0.337 e. The summed E-state index contributed by atoms with van der Waals surface area (Å²) in [4.78, 5) is 27.7. The van der Waals surface area contributed by atoms with Crippen LogP contribution in [-0.2, 0) is 4.74 Å². The van der Waals surface area contributed by atoms with Gasteiger partial charge in [-0.25, -0.2) is 22.9 Å². The molecule has 3 rings (SSSR count). The standard InChI is InChI=1S/C25H21F3N2O5/c1-14(13-34-2)35-20-8-15(3-4-16-9-19(26)11-21(27)23(16)28)7-18(10-20)24(31)30-22-6-5-17(12-29-22)25(32)33/h3-12,14H,13H2,1-2H3,(H,32,33)(H,29,30,31)/b4-3+/t14-/m0/s1. The number of carboxylic acids is 1. The van der Waals surface area contributed by atoms with Crippen LogP contribution in [-0.4, -0.2) is 41.8 Å². The summed E-state index contributed by atoms with van der Waals surface area (Å²) in [6.07, 6.45) is 3.29. The van der Waals surface area contributed by atoms with Crippen molar-refractivity contribution in [2.45, 2.75) is 13.0 Å². The number of benzene rings is 2. The molecule has 0 saturated heterocycles. The average molecular weight is 486 g/mol. The van der Waals surface area contributed by atoms with Crippen molar-refractivity contribution < 1.29 is 37.3 Å². The first-order valence-electron chi connectivity index (χ1n) is 10.3. The Morgan fingerprint density at radius 3 is 2.51 bits per heavy atom. The molecule has 0 unspecified atom stereocenters. The van der Waals surface area contributed by atoms with Gasteiger partial charge >= 0.3 is 5.97 Å². The van der Waals surface area contributed by atoms with Gasteiger partial charge in [0.05, 0.1) is 12.2 Å². The lowest BCUT2D eigenvalue weighted by atomic mass is 10.1. The number of nitrogens with zero attached hydrogens (tertiary/aromatic N) is 1. The van der Waals surface area contributed by atoms with Crippen LogP contribution in [0.15, 0.2) is 48.7 Å². The summed E-state index contributed by atoms with van der Waals surface area (Å²) in [5.41, 5.74) is 0.173. The maximum atomic E-state index is 14.0. The van der Waals surface area contributed by atoms with Crippen LogP contribution in [0.25, 0.3) is 12.2 Å². The third-order valence-electron chi connectivity index (χ3n) is 4.66. The molecule has 0 radical (unpaired) electrons. The van der Waals surface area contributed by atoms with E-state index in [1.54, 1.807) is 13.0 Å². The zero-order chi connectivity index (χ0) is 25.5. The van der Waals surface area contributed by atoms with E-state index in [0.717, 1.165) is 12.3 Å². The number of methoxy groups -OCH3 is 1. The number of carbonyl (C=O) groups excluding carboxylic acids is 1. The molecule has 1 aromatic heterocycles. The third-order valence-corrected chi connectivity index (χ3v) is 4.66. The summed E-state index contributed by atoms with van der Waals surface area (Å²) < 4.78 is 51.9. The molecule has 10 heteroatoms. The number of amides is 1. The van der Waals surface area contributed by atoms with E-state index in [4.69, 9.17) is 14.6 Å². The number of hydrogen-bond donors (Lipinski definition) is 2. The second-order valence-corrected chi connectivity index (χ2v) is 7.49. The van der Waals surface area contributed by atoms with Crippen molar-refractivity contribution >= 4 is 29.8 Å². The Balaban J connectivity index is 1.92. The fraction of sp³-hybridized carbons (Fsp3) is 0.160. The number of carboxylic acid groups (broad SMARTS) is 1. The van der Waals surface area contributed by atoms with Crippen LogP contribution < -0.4 is 10.1 Å². The van der Waals surface area contributed by atoms with Gasteiger partial charge in [-0.2, -0.15) is 0 Å². The van der Waals surface area contributed by atoms with Crippen LogP contribution in [0, 0.1) is 17.5 Å². The highest BCUT2D eigenvalue weighted by molar-refractivity contribution is 6.04. The molecular formula is C25H21F3N2O5. The molecule has 35 heavy (non-hydrogen) atoms. The Labute approximate surface area is 198 Å². The molecule has 1 amide bonds. The van der Waals surface area contributed by atoms with Gasteiger partial charge in [0.15, 0.2) is 11.6 Å². The lowest BCUT2D eigenvalue weighted by molar-refractivity contribution is 0.0696. The van der Waals surface area contributed by atoms with Gasteiger partial charge in [0.1, 0.15) is 23.5 Å². The van der Waals surface area contributed by atoms with Gasteiger partial charge in [0.25, 0.3) is 5.91 Å². The quantitative estimate of drug-likeness (QED) is 0.325. The molecule has 3 aromatic rings. The van der Waals surface area contributed by atoms with Crippen LogP contribution in [0.5, 0.6) is 5.75 Å². The SMILES string of the molecule is COC[C@H](C)Oc1cc(/C=C/c2cc(F)cc(F)c2F)cc(C(=O)Nc2ccc(C(=O)O)cn2)c1. The number of carbonyl (C=O) groups is 2. The Morgan fingerprint density at radius 1 is 1.09 bits per heavy atom. The second kappa shape index (κ2) is 11.3. The number of anilines is 1. The van der Waals surface area contributed by atoms with E-state index < -0.39 is 29.3 Å². The minimum absolute atomic E-state index is 0.0426. The monoisotopic (exact) mass is 486 g/mol. The van der Waals surface area contributed by atoms with Crippen LogP contribution in [0.3, 0.4) is 0 Å². The zero-order valence-corrected chi connectivity index (χ0v) is 18.7. The lowest BCUT2D eigenvalue weighted by Crippen LogP contribution is -2.19. The summed E-state index contributed by atoms with van der Waals surface area (Å²) in [5.74, 6) is -4.79. The predicted molar refractivity (Wildman–Crippen MR) is 123 cm³/mol. The first-order valence-corrected chi connectivity index (χ1v) is 10.3. The number of halogens is 3. The molecule has 1 atom stereocenters. The van der Waals surface area contributed by atoms with Crippen molar-refractivity contribution in [1.82, 2.24) is 4.98 Å². The number of aromatic carboxylic acids is 1. The minimum atomic E-state index is -1.32. The molecule has 0 fully saturated rings. The predicted octanol–water partition coefficient (Wildman–Crippen LogP) is 5.03. The Kier molecular flexibility index (Phi) is 8.21. The Hall–Kier alpha value is -4.18. The largest absolute Gasteiger partial charge is 0.488 e. The van der Waals surface area contributed by atoms with Gasteiger partial charge in [0, 0.05) is 30.5 Å². The molecule has 0 aliphatic rings. The van der Waals surface area contributed by atoms with Crippen LogP contribution in [0.2, 0.25) is 0 Å². The lowest BCUT2D eigenvalue weighted by Gasteiger charge is -2.15. The molecular weight excluding hydrogens is 465 g/mol. The Morgan fingerprint density at radius 2 is 1.86 bits per heavy atom. The van der Waals surface area contributed by atoms with Gasteiger partial charge in [-0.05, 0) is 48.9 Å². The van der Waals surface area contributed by atoms with Gasteiger partial charge in [-0.1, -0.05) is 12.2 Å². The number of rotatable bonds is 9. The summed E-state index contributed by atoms with van der Waals surface area (Å²) in [6.45, 7) is 2.03. The first-order chi connectivity index (χ1) is 16.7. The number of hydrogen-bond acceptors (Lipinski definition) is 5. The van der Waals surface area contributed by atoms with Crippen LogP contribution in [0.1, 0.15) is 38.8 Å². The van der Waals surface area contributed by atoms with E-state index >= 15 is 0 Å². The molecule has 182 valence electrons. The molecule has 0 aliphatic carbocycles. The van der Waals surface area contributed by atoms with Crippen molar-refractivity contribution in [1.29, 1.82) is 0 Å². The van der Waals surface area contributed by atoms with Gasteiger partial charge in [-0.3, -0.25) is 4.79 Å². The molecule has 0 aliphatic heterocycles. The number of aromatic nitrogens is 1. The highest BCUT2D eigenvalue weighted by atomic mass is 19.2. The Bertz CT molecular complexity index is 1260. The minimum Gasteiger partial charge on any atom is -0.488 e. The van der Waals surface area contributed by atoms with Crippen molar-refractivity contribution in [2.24, 2.45) is 0 Å². The highest BCUT2D eigenvalue weighted by Crippen LogP contribution is 2.23. The van der Waals surface area contributed by atoms with Gasteiger partial charge in [0.2, 0.25) is 0 Å². The molecule has 1 heterocycles. The maximum absolute atomic E-state index is 14.0. The number of ether oxygens (including phenoxy) is 2. The first kappa shape index (κ1) is 25.4. The molecule has 0 spiro atoms. The normalized spacial score (nSPS) is 11.9. The van der Waals surface area contributed by atoms with Crippen molar-refractivity contribution in [3.8, 4) is 5.75 Å². The second-order valence-electron chi connectivity index (χ2n) is 7.49. The van der Waals surface area contributed by atoms with Crippen molar-refractivity contribution in [3.05, 3.63) is 88.4 Å².